The fourth-order valence-corrected chi connectivity index (χ4v) is 2.49. The van der Waals surface area contributed by atoms with Crippen molar-refractivity contribution in [2.24, 2.45) is 0 Å². The third-order valence-corrected chi connectivity index (χ3v) is 3.77. The summed E-state index contributed by atoms with van der Waals surface area (Å²) in [5.74, 6) is 0.0802. The van der Waals surface area contributed by atoms with Crippen molar-refractivity contribution in [2.75, 3.05) is 0 Å². The third-order valence-electron chi connectivity index (χ3n) is 3.45. The van der Waals surface area contributed by atoms with Crippen LogP contribution in [0.3, 0.4) is 0 Å². The molecule has 7 nitrogen and oxygen atoms in total. The quantitative estimate of drug-likeness (QED) is 0.208. The summed E-state index contributed by atoms with van der Waals surface area (Å²) < 4.78 is 10.6. The summed E-state index contributed by atoms with van der Waals surface area (Å²) in [7, 11) is 0. The van der Waals surface area contributed by atoms with Gasteiger partial charge in [0.05, 0.1) is 16.2 Å². The zero-order chi connectivity index (χ0) is 18.7. The number of nitro groups is 1. The Kier molecular flexibility index (Phi) is 4.69. The van der Waals surface area contributed by atoms with Crippen LogP contribution >= 0.6 is 11.6 Å². The van der Waals surface area contributed by atoms with Crippen molar-refractivity contribution in [3.05, 3.63) is 81.0 Å². The van der Waals surface area contributed by atoms with Crippen molar-refractivity contribution < 1.29 is 18.6 Å². The number of ketones is 1. The van der Waals surface area contributed by atoms with Gasteiger partial charge < -0.3 is 8.83 Å². The van der Waals surface area contributed by atoms with Gasteiger partial charge in [0.25, 0.3) is 5.69 Å². The van der Waals surface area contributed by atoms with Crippen LogP contribution < -0.4 is 0 Å². The number of allylic oxidation sites excluding steroid dienone is 1. The van der Waals surface area contributed by atoms with Crippen molar-refractivity contribution in [1.29, 1.82) is 5.26 Å². The van der Waals surface area contributed by atoms with Gasteiger partial charge in [0.1, 0.15) is 23.2 Å². The molecule has 1 aromatic carbocycles. The maximum Gasteiger partial charge on any atom is 0.270 e. The molecule has 0 spiro atoms. The molecule has 0 aliphatic rings. The Balaban J connectivity index is 1.91. The number of nitriles is 1. The fourth-order valence-electron chi connectivity index (χ4n) is 2.22. The molecular formula is C18H9ClN2O5. The average Bonchev–Trinajstić information content (AvgIpc) is 3.31. The summed E-state index contributed by atoms with van der Waals surface area (Å²) in [5, 5.41) is 20.1. The second kappa shape index (κ2) is 7.09. The Morgan fingerprint density at radius 1 is 1.27 bits per heavy atom. The predicted octanol–water partition coefficient (Wildman–Crippen LogP) is 4.89. The summed E-state index contributed by atoms with van der Waals surface area (Å²) in [6, 6.07) is 11.9. The Morgan fingerprint density at radius 2 is 2.08 bits per heavy atom. The Labute approximate surface area is 151 Å². The van der Waals surface area contributed by atoms with Crippen LogP contribution in [0.2, 0.25) is 5.02 Å². The van der Waals surface area contributed by atoms with Crippen molar-refractivity contribution in [3.8, 4) is 17.4 Å². The molecule has 0 aliphatic heterocycles. The highest BCUT2D eigenvalue weighted by atomic mass is 35.5. The summed E-state index contributed by atoms with van der Waals surface area (Å²) in [4.78, 5) is 22.4. The first kappa shape index (κ1) is 17.2. The molecular weight excluding hydrogens is 360 g/mol. The molecule has 0 radical (unpaired) electrons. The van der Waals surface area contributed by atoms with Crippen molar-refractivity contribution >= 4 is 29.1 Å². The number of halogens is 1. The lowest BCUT2D eigenvalue weighted by molar-refractivity contribution is -0.384. The summed E-state index contributed by atoms with van der Waals surface area (Å²) >= 11 is 6.07. The van der Waals surface area contributed by atoms with E-state index in [1.165, 1.54) is 36.6 Å². The van der Waals surface area contributed by atoms with E-state index in [9.17, 15) is 20.2 Å². The van der Waals surface area contributed by atoms with Gasteiger partial charge in [0.15, 0.2) is 5.76 Å². The SMILES string of the molecule is N#C/C(=C\c1ccc(-c2ccc([N+](=O)[O-])cc2Cl)o1)C(=O)c1ccco1. The normalized spacial score (nSPS) is 11.2. The van der Waals surface area contributed by atoms with Crippen molar-refractivity contribution in [3.63, 3.8) is 0 Å². The number of non-ortho nitro benzene ring substituents is 1. The lowest BCUT2D eigenvalue weighted by atomic mass is 10.1. The number of carbonyl (C=O) groups is 1. The maximum atomic E-state index is 12.2. The zero-order valence-electron chi connectivity index (χ0n) is 13.0. The maximum absolute atomic E-state index is 12.2. The minimum Gasteiger partial charge on any atom is -0.461 e. The lowest BCUT2D eigenvalue weighted by Crippen LogP contribution is -1.99. The van der Waals surface area contributed by atoms with Gasteiger partial charge in [-0.25, -0.2) is 0 Å². The number of hydrogen-bond acceptors (Lipinski definition) is 6. The minimum absolute atomic E-state index is 0.0444. The van der Waals surface area contributed by atoms with Gasteiger partial charge in [0, 0.05) is 23.8 Å². The molecule has 0 atom stereocenters. The number of benzene rings is 1. The first-order valence-corrected chi connectivity index (χ1v) is 7.61. The smallest absolute Gasteiger partial charge is 0.270 e. The summed E-state index contributed by atoms with van der Waals surface area (Å²) in [5.41, 5.74) is 0.157. The number of Topliss-reactive ketones (excluding diaryl/α,β-unsaturated/α-hetero) is 1. The molecule has 0 bridgehead atoms. The van der Waals surface area contributed by atoms with Gasteiger partial charge in [-0.15, -0.1) is 0 Å². The number of nitrogens with zero attached hydrogens (tertiary/aromatic N) is 2. The summed E-state index contributed by atoms with van der Waals surface area (Å²) in [6.07, 6.45) is 2.62. The van der Waals surface area contributed by atoms with E-state index in [1.54, 1.807) is 18.2 Å². The van der Waals surface area contributed by atoms with Crippen LogP contribution in [-0.4, -0.2) is 10.7 Å². The molecule has 0 saturated heterocycles. The fraction of sp³-hybridized carbons (Fsp3) is 0. The predicted molar refractivity (Wildman–Crippen MR) is 92.4 cm³/mol. The van der Waals surface area contributed by atoms with E-state index in [4.69, 9.17) is 20.4 Å². The third kappa shape index (κ3) is 3.41. The molecule has 0 N–H and O–H groups in total. The second-order valence-corrected chi connectivity index (χ2v) is 5.51. The minimum atomic E-state index is -0.566. The first-order chi connectivity index (χ1) is 12.5. The van der Waals surface area contributed by atoms with Crippen LogP contribution in [-0.2, 0) is 0 Å². The Bertz CT molecular complexity index is 1060. The molecule has 0 amide bonds. The van der Waals surface area contributed by atoms with E-state index in [2.05, 4.69) is 0 Å². The number of furan rings is 2. The molecule has 8 heteroatoms. The van der Waals surface area contributed by atoms with E-state index in [0.29, 0.717) is 11.3 Å². The monoisotopic (exact) mass is 368 g/mol. The van der Waals surface area contributed by atoms with E-state index in [0.717, 1.165) is 0 Å². The molecule has 0 saturated carbocycles. The van der Waals surface area contributed by atoms with E-state index in [-0.39, 0.29) is 27.8 Å². The molecule has 3 aromatic rings. The van der Waals surface area contributed by atoms with Crippen LogP contribution in [0.4, 0.5) is 5.69 Å². The van der Waals surface area contributed by atoms with Gasteiger partial charge in [-0.2, -0.15) is 5.26 Å². The largest absolute Gasteiger partial charge is 0.461 e. The molecule has 0 unspecified atom stereocenters. The molecule has 0 fully saturated rings. The first-order valence-electron chi connectivity index (χ1n) is 7.23. The van der Waals surface area contributed by atoms with Crippen molar-refractivity contribution in [1.82, 2.24) is 0 Å². The van der Waals surface area contributed by atoms with Gasteiger partial charge >= 0.3 is 0 Å². The molecule has 2 heterocycles. The van der Waals surface area contributed by atoms with Gasteiger partial charge in [-0.1, -0.05) is 11.6 Å². The van der Waals surface area contributed by atoms with Crippen LogP contribution in [0.5, 0.6) is 0 Å². The van der Waals surface area contributed by atoms with Crippen LogP contribution in [0.1, 0.15) is 16.3 Å². The Morgan fingerprint density at radius 3 is 2.69 bits per heavy atom. The average molecular weight is 369 g/mol. The van der Waals surface area contributed by atoms with Crippen LogP contribution in [0.25, 0.3) is 17.4 Å². The van der Waals surface area contributed by atoms with Crippen molar-refractivity contribution in [2.45, 2.75) is 0 Å². The van der Waals surface area contributed by atoms with Crippen LogP contribution in [0.15, 0.2) is 63.1 Å². The molecule has 3 rings (SSSR count). The van der Waals surface area contributed by atoms with Gasteiger partial charge in [0.2, 0.25) is 5.78 Å². The highest BCUT2D eigenvalue weighted by molar-refractivity contribution is 6.33. The number of carbonyl (C=O) groups excluding carboxylic acids is 1. The number of hydrogen-bond donors (Lipinski definition) is 0. The number of nitro benzene ring substituents is 1. The van der Waals surface area contributed by atoms with E-state index in [1.807, 2.05) is 6.07 Å². The molecule has 2 aromatic heterocycles. The topological polar surface area (TPSA) is 110 Å². The molecule has 128 valence electrons. The van der Waals surface area contributed by atoms with E-state index < -0.39 is 10.7 Å². The highest BCUT2D eigenvalue weighted by Crippen LogP contribution is 2.32. The highest BCUT2D eigenvalue weighted by Gasteiger charge is 2.17. The van der Waals surface area contributed by atoms with Gasteiger partial charge in [-0.05, 0) is 30.3 Å². The molecule has 0 aliphatic carbocycles. The van der Waals surface area contributed by atoms with Gasteiger partial charge in [-0.3, -0.25) is 14.9 Å². The van der Waals surface area contributed by atoms with E-state index >= 15 is 0 Å². The Hall–Kier alpha value is -3.63. The summed E-state index contributed by atoms with van der Waals surface area (Å²) in [6.45, 7) is 0. The standard InChI is InChI=1S/C18H9ClN2O5/c19-15-9-12(21(23)24)3-5-14(15)16-6-4-13(26-16)8-11(10-20)18(22)17-2-1-7-25-17/h1-9H/b11-8+. The molecule has 26 heavy (non-hydrogen) atoms. The zero-order valence-corrected chi connectivity index (χ0v) is 13.8. The number of rotatable bonds is 5. The van der Waals surface area contributed by atoms with Crippen LogP contribution in [0, 0.1) is 21.4 Å². The lowest BCUT2D eigenvalue weighted by Gasteiger charge is -2.00. The second-order valence-electron chi connectivity index (χ2n) is 5.10.